The van der Waals surface area contributed by atoms with Crippen LogP contribution in [0.2, 0.25) is 0 Å². The van der Waals surface area contributed by atoms with Gasteiger partial charge in [-0.05, 0) is 34.4 Å². The van der Waals surface area contributed by atoms with Gasteiger partial charge in [0.25, 0.3) is 0 Å². The van der Waals surface area contributed by atoms with Crippen molar-refractivity contribution in [2.24, 2.45) is 5.41 Å². The Morgan fingerprint density at radius 3 is 2.44 bits per heavy atom. The number of hydrogen-bond donors (Lipinski definition) is 1. The molecule has 3 atom stereocenters. The molecular formula is C14H29N3O. The summed E-state index contributed by atoms with van der Waals surface area (Å²) >= 11 is 0. The van der Waals surface area contributed by atoms with E-state index in [9.17, 15) is 0 Å². The zero-order chi connectivity index (χ0) is 13.2. The molecule has 2 aliphatic rings. The number of hydrogen-bond acceptors (Lipinski definition) is 4. The van der Waals surface area contributed by atoms with Crippen molar-refractivity contribution in [3.63, 3.8) is 0 Å². The Balaban J connectivity index is 1.95. The summed E-state index contributed by atoms with van der Waals surface area (Å²) in [5, 5.41) is 3.35. The fraction of sp³-hybridized carbons (Fsp3) is 1.00. The van der Waals surface area contributed by atoms with Crippen LogP contribution in [0.25, 0.3) is 0 Å². The van der Waals surface area contributed by atoms with Gasteiger partial charge < -0.3 is 10.1 Å². The number of rotatable bonds is 4. The van der Waals surface area contributed by atoms with Crippen molar-refractivity contribution < 1.29 is 4.74 Å². The quantitative estimate of drug-likeness (QED) is 0.798. The molecule has 1 N–H and O–H groups in total. The average Bonchev–Trinajstić information content (AvgIpc) is 2.75. The molecule has 2 rings (SSSR count). The van der Waals surface area contributed by atoms with E-state index in [-0.39, 0.29) is 0 Å². The smallest absolute Gasteiger partial charge is 0.0547 e. The summed E-state index contributed by atoms with van der Waals surface area (Å²) in [5.41, 5.74) is 0.337. The van der Waals surface area contributed by atoms with Gasteiger partial charge in [-0.25, -0.2) is 0 Å². The summed E-state index contributed by atoms with van der Waals surface area (Å²) in [6, 6.07) is 1.31. The molecule has 0 amide bonds. The molecule has 0 aromatic carbocycles. The Morgan fingerprint density at radius 1 is 1.28 bits per heavy atom. The normalized spacial score (nSPS) is 39.3. The fourth-order valence-electron chi connectivity index (χ4n) is 3.46. The molecule has 3 unspecified atom stereocenters. The molecule has 0 radical (unpaired) electrons. The minimum atomic E-state index is 0.337. The van der Waals surface area contributed by atoms with E-state index < -0.39 is 0 Å². The Morgan fingerprint density at radius 2 is 1.94 bits per heavy atom. The molecule has 2 saturated heterocycles. The number of likely N-dealkylation sites (N-methyl/N-ethyl adjacent to an activating group) is 1. The maximum absolute atomic E-state index is 5.65. The fourth-order valence-corrected chi connectivity index (χ4v) is 3.46. The van der Waals surface area contributed by atoms with Crippen LogP contribution in [-0.2, 0) is 4.74 Å². The van der Waals surface area contributed by atoms with Gasteiger partial charge in [-0.2, -0.15) is 0 Å². The predicted octanol–water partition coefficient (Wildman–Crippen LogP) is 0.637. The molecule has 2 fully saturated rings. The van der Waals surface area contributed by atoms with Gasteiger partial charge in [0, 0.05) is 50.3 Å². The predicted molar refractivity (Wildman–Crippen MR) is 74.9 cm³/mol. The lowest BCUT2D eigenvalue weighted by molar-refractivity contribution is 0.0273. The first-order valence-corrected chi connectivity index (χ1v) is 7.23. The second-order valence-electron chi connectivity index (χ2n) is 6.39. The van der Waals surface area contributed by atoms with Gasteiger partial charge in [0.15, 0.2) is 0 Å². The molecule has 2 heterocycles. The van der Waals surface area contributed by atoms with Crippen LogP contribution >= 0.6 is 0 Å². The van der Waals surface area contributed by atoms with E-state index in [0.29, 0.717) is 17.5 Å². The molecule has 0 spiro atoms. The summed E-state index contributed by atoms with van der Waals surface area (Å²) in [7, 11) is 4.30. The van der Waals surface area contributed by atoms with Crippen molar-refractivity contribution in [1.29, 1.82) is 0 Å². The number of nitrogens with one attached hydrogen (secondary N) is 1. The lowest BCUT2D eigenvalue weighted by atomic mass is 9.86. The Bertz CT molecular complexity index is 254. The van der Waals surface area contributed by atoms with E-state index in [1.807, 2.05) is 0 Å². The van der Waals surface area contributed by atoms with Crippen LogP contribution < -0.4 is 5.32 Å². The van der Waals surface area contributed by atoms with Gasteiger partial charge in [0.05, 0.1) is 6.61 Å². The first-order valence-electron chi connectivity index (χ1n) is 7.23. The maximum atomic E-state index is 5.65. The molecule has 0 aromatic heterocycles. The molecule has 18 heavy (non-hydrogen) atoms. The zero-order valence-corrected chi connectivity index (χ0v) is 12.4. The monoisotopic (exact) mass is 255 g/mol. The van der Waals surface area contributed by atoms with Crippen molar-refractivity contribution in [2.45, 2.75) is 32.4 Å². The topological polar surface area (TPSA) is 27.7 Å². The van der Waals surface area contributed by atoms with Crippen LogP contribution in [0, 0.1) is 5.41 Å². The van der Waals surface area contributed by atoms with Crippen molar-refractivity contribution in [3.8, 4) is 0 Å². The van der Waals surface area contributed by atoms with E-state index in [0.717, 1.165) is 19.8 Å². The van der Waals surface area contributed by atoms with Gasteiger partial charge in [0.1, 0.15) is 0 Å². The summed E-state index contributed by atoms with van der Waals surface area (Å²) in [4.78, 5) is 5.13. The summed E-state index contributed by atoms with van der Waals surface area (Å²) in [5.74, 6) is 0. The van der Waals surface area contributed by atoms with Crippen LogP contribution in [0.1, 0.15) is 20.3 Å². The minimum absolute atomic E-state index is 0.337. The van der Waals surface area contributed by atoms with Crippen LogP contribution in [0.15, 0.2) is 0 Å². The summed E-state index contributed by atoms with van der Waals surface area (Å²) in [6.45, 7) is 11.1. The Kier molecular flexibility index (Phi) is 4.64. The number of nitrogens with zero attached hydrogens (tertiary/aromatic N) is 2. The number of ether oxygens (including phenoxy) is 1. The van der Waals surface area contributed by atoms with Gasteiger partial charge >= 0.3 is 0 Å². The van der Waals surface area contributed by atoms with Gasteiger partial charge in [0.2, 0.25) is 0 Å². The average molecular weight is 255 g/mol. The van der Waals surface area contributed by atoms with E-state index in [1.54, 1.807) is 0 Å². The molecule has 106 valence electrons. The molecule has 4 heteroatoms. The molecule has 0 bridgehead atoms. The zero-order valence-electron chi connectivity index (χ0n) is 12.4. The maximum Gasteiger partial charge on any atom is 0.0547 e. The van der Waals surface area contributed by atoms with Crippen LogP contribution in [0.3, 0.4) is 0 Å². The van der Waals surface area contributed by atoms with Crippen molar-refractivity contribution in [3.05, 3.63) is 0 Å². The minimum Gasteiger partial charge on any atom is -0.381 e. The highest BCUT2D eigenvalue weighted by molar-refractivity contribution is 4.91. The van der Waals surface area contributed by atoms with Crippen molar-refractivity contribution >= 4 is 0 Å². The largest absolute Gasteiger partial charge is 0.381 e. The highest BCUT2D eigenvalue weighted by atomic mass is 16.5. The van der Waals surface area contributed by atoms with Gasteiger partial charge in [-0.1, -0.05) is 0 Å². The molecular weight excluding hydrogens is 226 g/mol. The number of piperazine rings is 1. The van der Waals surface area contributed by atoms with Gasteiger partial charge in [-0.15, -0.1) is 0 Å². The summed E-state index contributed by atoms with van der Waals surface area (Å²) in [6.07, 6.45) is 1.20. The first kappa shape index (κ1) is 14.3. The Hall–Kier alpha value is -0.160. The van der Waals surface area contributed by atoms with E-state index >= 15 is 0 Å². The molecule has 0 aliphatic carbocycles. The third-order valence-electron chi connectivity index (χ3n) is 4.73. The highest BCUT2D eigenvalue weighted by Crippen LogP contribution is 2.30. The second kappa shape index (κ2) is 5.87. The lowest BCUT2D eigenvalue weighted by Gasteiger charge is -2.45. The van der Waals surface area contributed by atoms with Crippen molar-refractivity contribution in [1.82, 2.24) is 15.1 Å². The van der Waals surface area contributed by atoms with Gasteiger partial charge in [-0.3, -0.25) is 9.80 Å². The van der Waals surface area contributed by atoms with E-state index in [1.165, 1.54) is 26.1 Å². The third-order valence-corrected chi connectivity index (χ3v) is 4.73. The van der Waals surface area contributed by atoms with E-state index in [2.05, 4.69) is 43.1 Å². The van der Waals surface area contributed by atoms with Crippen molar-refractivity contribution in [2.75, 3.05) is 53.5 Å². The first-order chi connectivity index (χ1) is 8.56. The molecule has 4 nitrogen and oxygen atoms in total. The van der Waals surface area contributed by atoms with Crippen LogP contribution in [0.4, 0.5) is 0 Å². The van der Waals surface area contributed by atoms with E-state index in [4.69, 9.17) is 4.74 Å². The molecule has 2 aliphatic heterocycles. The molecule has 0 aromatic rings. The second-order valence-corrected chi connectivity index (χ2v) is 6.39. The van der Waals surface area contributed by atoms with Crippen LogP contribution in [0.5, 0.6) is 0 Å². The van der Waals surface area contributed by atoms with Crippen LogP contribution in [-0.4, -0.2) is 75.4 Å². The molecule has 0 saturated carbocycles. The Labute approximate surface area is 112 Å². The highest BCUT2D eigenvalue weighted by Gasteiger charge is 2.38. The summed E-state index contributed by atoms with van der Waals surface area (Å²) < 4.78 is 5.65. The lowest BCUT2D eigenvalue weighted by Crippen LogP contribution is -2.57. The SMILES string of the molecule is CNCC1(CN2CC(C)N(C)C(C)C2)CCOC1. The third kappa shape index (κ3) is 3.05. The standard InChI is InChI=1S/C14H29N3O/c1-12-7-17(8-13(2)16(12)4)10-14(9-15-3)5-6-18-11-14/h12-13,15H,5-11H2,1-4H3.